The van der Waals surface area contributed by atoms with Crippen molar-refractivity contribution in [2.45, 2.75) is 26.3 Å². The number of hydrogen-bond donors (Lipinski definition) is 1. The van der Waals surface area contributed by atoms with Crippen molar-refractivity contribution < 1.29 is 9.47 Å². The van der Waals surface area contributed by atoms with Crippen LogP contribution in [-0.4, -0.2) is 26.8 Å². The zero-order chi connectivity index (χ0) is 12.0. The predicted molar refractivity (Wildman–Crippen MR) is 66.4 cm³/mol. The first-order valence-corrected chi connectivity index (χ1v) is 5.65. The van der Waals surface area contributed by atoms with Crippen LogP contribution in [0.1, 0.15) is 19.4 Å². The molecule has 0 aromatic heterocycles. The summed E-state index contributed by atoms with van der Waals surface area (Å²) in [5.41, 5.74) is 1.21. The number of likely N-dealkylation sites (N-methyl/N-ethyl adjacent to an activating group) is 1. The van der Waals surface area contributed by atoms with Crippen LogP contribution in [0.2, 0.25) is 0 Å². The van der Waals surface area contributed by atoms with E-state index in [0.717, 1.165) is 24.5 Å². The first kappa shape index (κ1) is 12.8. The second kappa shape index (κ2) is 6.38. The van der Waals surface area contributed by atoms with Gasteiger partial charge >= 0.3 is 0 Å². The molecule has 3 heteroatoms. The lowest BCUT2D eigenvalue weighted by atomic mass is 10.1. The SMILES string of the molecule is CCNC(C)Cc1ccc(OC)cc1OC. The summed E-state index contributed by atoms with van der Waals surface area (Å²) < 4.78 is 10.5. The van der Waals surface area contributed by atoms with E-state index in [9.17, 15) is 0 Å². The van der Waals surface area contributed by atoms with Gasteiger partial charge in [-0.25, -0.2) is 0 Å². The summed E-state index contributed by atoms with van der Waals surface area (Å²) in [7, 11) is 3.35. The van der Waals surface area contributed by atoms with Gasteiger partial charge < -0.3 is 14.8 Å². The zero-order valence-corrected chi connectivity index (χ0v) is 10.5. The molecular formula is C13H21NO2. The van der Waals surface area contributed by atoms with Crippen molar-refractivity contribution in [2.24, 2.45) is 0 Å². The number of rotatable bonds is 6. The van der Waals surface area contributed by atoms with Crippen LogP contribution in [0.15, 0.2) is 18.2 Å². The van der Waals surface area contributed by atoms with Crippen molar-refractivity contribution in [3.8, 4) is 11.5 Å². The highest BCUT2D eigenvalue weighted by Crippen LogP contribution is 2.25. The van der Waals surface area contributed by atoms with E-state index in [4.69, 9.17) is 9.47 Å². The molecule has 1 rings (SSSR count). The average molecular weight is 223 g/mol. The Bertz CT molecular complexity index is 326. The molecule has 0 amide bonds. The summed E-state index contributed by atoms with van der Waals surface area (Å²) in [6.07, 6.45) is 0.959. The highest BCUT2D eigenvalue weighted by molar-refractivity contribution is 5.41. The van der Waals surface area contributed by atoms with Gasteiger partial charge in [0.15, 0.2) is 0 Å². The standard InChI is InChI=1S/C13H21NO2/c1-5-14-10(2)8-11-6-7-12(15-3)9-13(11)16-4/h6-7,9-10,14H,5,8H2,1-4H3. The van der Waals surface area contributed by atoms with Crippen LogP contribution in [0.5, 0.6) is 11.5 Å². The minimum absolute atomic E-state index is 0.451. The molecule has 0 aliphatic rings. The minimum Gasteiger partial charge on any atom is -0.497 e. The van der Waals surface area contributed by atoms with Crippen molar-refractivity contribution in [1.29, 1.82) is 0 Å². The Morgan fingerprint density at radius 3 is 2.56 bits per heavy atom. The first-order chi connectivity index (χ1) is 7.71. The Hall–Kier alpha value is -1.22. The van der Waals surface area contributed by atoms with Gasteiger partial charge in [0.2, 0.25) is 0 Å². The Morgan fingerprint density at radius 1 is 1.25 bits per heavy atom. The molecule has 1 N–H and O–H groups in total. The summed E-state index contributed by atoms with van der Waals surface area (Å²) >= 11 is 0. The minimum atomic E-state index is 0.451. The second-order valence-electron chi connectivity index (χ2n) is 3.84. The third-order valence-corrected chi connectivity index (χ3v) is 2.57. The van der Waals surface area contributed by atoms with Crippen LogP contribution >= 0.6 is 0 Å². The van der Waals surface area contributed by atoms with Gasteiger partial charge in [-0.15, -0.1) is 0 Å². The maximum atomic E-state index is 5.36. The molecule has 0 fully saturated rings. The van der Waals surface area contributed by atoms with E-state index in [-0.39, 0.29) is 0 Å². The molecule has 0 saturated heterocycles. The van der Waals surface area contributed by atoms with Gasteiger partial charge in [0, 0.05) is 12.1 Å². The van der Waals surface area contributed by atoms with Gasteiger partial charge in [-0.1, -0.05) is 13.0 Å². The number of methoxy groups -OCH3 is 2. The third kappa shape index (κ3) is 3.42. The first-order valence-electron chi connectivity index (χ1n) is 5.65. The maximum absolute atomic E-state index is 5.36. The lowest BCUT2D eigenvalue weighted by Crippen LogP contribution is -2.27. The molecule has 1 unspecified atom stereocenters. The molecule has 1 atom stereocenters. The molecule has 0 radical (unpaired) electrons. The average Bonchev–Trinajstić information content (AvgIpc) is 2.30. The van der Waals surface area contributed by atoms with E-state index in [1.165, 1.54) is 5.56 Å². The number of hydrogen-bond acceptors (Lipinski definition) is 3. The summed E-state index contributed by atoms with van der Waals surface area (Å²) in [5, 5.41) is 3.39. The van der Waals surface area contributed by atoms with Gasteiger partial charge in [-0.2, -0.15) is 0 Å². The highest BCUT2D eigenvalue weighted by atomic mass is 16.5. The molecule has 1 aromatic carbocycles. The van der Waals surface area contributed by atoms with Crippen LogP contribution in [-0.2, 0) is 6.42 Å². The quantitative estimate of drug-likeness (QED) is 0.802. The van der Waals surface area contributed by atoms with Gasteiger partial charge in [0.25, 0.3) is 0 Å². The maximum Gasteiger partial charge on any atom is 0.125 e. The van der Waals surface area contributed by atoms with Crippen molar-refractivity contribution >= 4 is 0 Å². The fourth-order valence-corrected chi connectivity index (χ4v) is 1.77. The summed E-state index contributed by atoms with van der Waals surface area (Å²) in [6.45, 7) is 5.27. The van der Waals surface area contributed by atoms with Crippen molar-refractivity contribution in [1.82, 2.24) is 5.32 Å². The van der Waals surface area contributed by atoms with E-state index in [0.29, 0.717) is 6.04 Å². The van der Waals surface area contributed by atoms with Gasteiger partial charge in [0.1, 0.15) is 11.5 Å². The summed E-state index contributed by atoms with van der Waals surface area (Å²) in [6, 6.07) is 6.41. The molecule has 1 aromatic rings. The smallest absolute Gasteiger partial charge is 0.125 e. The third-order valence-electron chi connectivity index (χ3n) is 2.57. The normalized spacial score (nSPS) is 12.2. The molecule has 0 heterocycles. The Labute approximate surface area is 97.8 Å². The van der Waals surface area contributed by atoms with Crippen molar-refractivity contribution in [3.63, 3.8) is 0 Å². The van der Waals surface area contributed by atoms with Gasteiger partial charge in [-0.3, -0.25) is 0 Å². The largest absolute Gasteiger partial charge is 0.497 e. The van der Waals surface area contributed by atoms with Crippen molar-refractivity contribution in [3.05, 3.63) is 23.8 Å². The van der Waals surface area contributed by atoms with Crippen LogP contribution in [0.4, 0.5) is 0 Å². The molecule has 0 bridgehead atoms. The number of benzene rings is 1. The lowest BCUT2D eigenvalue weighted by molar-refractivity contribution is 0.389. The monoisotopic (exact) mass is 223 g/mol. The Morgan fingerprint density at radius 2 is 2.00 bits per heavy atom. The van der Waals surface area contributed by atoms with Gasteiger partial charge in [0.05, 0.1) is 14.2 Å². The predicted octanol–water partition coefficient (Wildman–Crippen LogP) is 2.24. The fourth-order valence-electron chi connectivity index (χ4n) is 1.77. The molecule has 90 valence electrons. The molecule has 0 aliphatic carbocycles. The van der Waals surface area contributed by atoms with Crippen LogP contribution in [0.3, 0.4) is 0 Å². The molecule has 0 spiro atoms. The topological polar surface area (TPSA) is 30.5 Å². The van der Waals surface area contributed by atoms with E-state index >= 15 is 0 Å². The number of nitrogens with one attached hydrogen (secondary N) is 1. The van der Waals surface area contributed by atoms with E-state index in [1.807, 2.05) is 12.1 Å². The van der Waals surface area contributed by atoms with Crippen LogP contribution < -0.4 is 14.8 Å². The molecule has 16 heavy (non-hydrogen) atoms. The van der Waals surface area contributed by atoms with Crippen molar-refractivity contribution in [2.75, 3.05) is 20.8 Å². The highest BCUT2D eigenvalue weighted by Gasteiger charge is 2.08. The Balaban J connectivity index is 2.78. The number of ether oxygens (including phenoxy) is 2. The molecular weight excluding hydrogens is 202 g/mol. The van der Waals surface area contributed by atoms with Crippen LogP contribution in [0, 0.1) is 0 Å². The molecule has 3 nitrogen and oxygen atoms in total. The van der Waals surface area contributed by atoms with Crippen LogP contribution in [0.25, 0.3) is 0 Å². The van der Waals surface area contributed by atoms with Gasteiger partial charge in [-0.05, 0) is 31.5 Å². The van der Waals surface area contributed by atoms with E-state index in [1.54, 1.807) is 14.2 Å². The summed E-state index contributed by atoms with van der Waals surface area (Å²) in [5.74, 6) is 1.72. The zero-order valence-electron chi connectivity index (χ0n) is 10.5. The molecule has 0 aliphatic heterocycles. The Kier molecular flexibility index (Phi) is 5.12. The molecule has 0 saturated carbocycles. The summed E-state index contributed by atoms with van der Waals surface area (Å²) in [4.78, 5) is 0. The van der Waals surface area contributed by atoms with E-state index in [2.05, 4.69) is 25.2 Å². The fraction of sp³-hybridized carbons (Fsp3) is 0.538. The van der Waals surface area contributed by atoms with E-state index < -0.39 is 0 Å². The second-order valence-corrected chi connectivity index (χ2v) is 3.84. The lowest BCUT2D eigenvalue weighted by Gasteiger charge is -2.15.